The van der Waals surface area contributed by atoms with E-state index in [1.54, 1.807) is 37.4 Å². The van der Waals surface area contributed by atoms with E-state index in [1.165, 1.54) is 6.07 Å². The van der Waals surface area contributed by atoms with E-state index in [1.807, 2.05) is 37.3 Å². The van der Waals surface area contributed by atoms with E-state index in [0.717, 1.165) is 16.0 Å². The molecule has 1 aliphatic heterocycles. The van der Waals surface area contributed by atoms with E-state index < -0.39 is 10.1 Å². The van der Waals surface area contributed by atoms with Crippen molar-refractivity contribution in [2.24, 2.45) is 0 Å². The molecular weight excluding hydrogens is 376 g/mol. The molecule has 0 aromatic heterocycles. The predicted molar refractivity (Wildman–Crippen MR) is 107 cm³/mol. The zero-order valence-electron chi connectivity index (χ0n) is 15.3. The molecule has 142 valence electrons. The minimum Gasteiger partial charge on any atom is -0.497 e. The second-order valence-electron chi connectivity index (χ2n) is 6.35. The third-order valence-corrected chi connectivity index (χ3v) is 5.63. The van der Waals surface area contributed by atoms with Gasteiger partial charge in [-0.25, -0.2) is 0 Å². The molecule has 0 radical (unpaired) electrons. The maximum Gasteiger partial charge on any atom is 0.295 e. The van der Waals surface area contributed by atoms with Gasteiger partial charge in [0.25, 0.3) is 10.1 Å². The van der Waals surface area contributed by atoms with E-state index >= 15 is 0 Å². The zero-order valence-corrected chi connectivity index (χ0v) is 16.2. The molecule has 0 fully saturated rings. The van der Waals surface area contributed by atoms with Crippen LogP contribution in [0.25, 0.3) is 11.6 Å². The molecule has 0 unspecified atom stereocenters. The van der Waals surface area contributed by atoms with Crippen molar-refractivity contribution in [3.63, 3.8) is 0 Å². The van der Waals surface area contributed by atoms with Crippen molar-refractivity contribution in [3.05, 3.63) is 82.2 Å². The Kier molecular flexibility index (Phi) is 4.45. The lowest BCUT2D eigenvalue weighted by Gasteiger charge is -2.22. The Labute approximate surface area is 162 Å². The van der Waals surface area contributed by atoms with Crippen LogP contribution in [0.5, 0.6) is 17.2 Å². The lowest BCUT2D eigenvalue weighted by atomic mass is 9.92. The van der Waals surface area contributed by atoms with Crippen LogP contribution in [0, 0.1) is 0 Å². The third-order valence-electron chi connectivity index (χ3n) is 4.72. The van der Waals surface area contributed by atoms with Crippen LogP contribution in [0.15, 0.2) is 65.6 Å². The Balaban J connectivity index is 2.15. The van der Waals surface area contributed by atoms with Gasteiger partial charge in [-0.1, -0.05) is 30.3 Å². The Morgan fingerprint density at radius 3 is 2.46 bits per heavy atom. The quantitative estimate of drug-likeness (QED) is 0.541. The van der Waals surface area contributed by atoms with E-state index in [-0.39, 0.29) is 4.90 Å². The molecule has 0 atom stereocenters. The van der Waals surface area contributed by atoms with Crippen LogP contribution in [0.4, 0.5) is 0 Å². The van der Waals surface area contributed by atoms with Crippen molar-refractivity contribution in [3.8, 4) is 17.2 Å². The van der Waals surface area contributed by atoms with Crippen LogP contribution < -0.4 is 19.9 Å². The summed E-state index contributed by atoms with van der Waals surface area (Å²) in [5.74, 6) is 1.79. The molecule has 0 bridgehead atoms. The number of hydrogen-bond acceptors (Lipinski definition) is 4. The number of fused-ring (bicyclic) bond motifs is 2. The first-order chi connectivity index (χ1) is 13.4. The summed E-state index contributed by atoms with van der Waals surface area (Å²) in [7, 11) is -2.84. The molecule has 0 amide bonds. The Bertz CT molecular complexity index is 1310. The second-order valence-corrected chi connectivity index (χ2v) is 7.74. The number of hydrogen-bond donors (Lipinski definition) is 1. The lowest BCUT2D eigenvalue weighted by molar-refractivity contribution is 0.408. The van der Waals surface area contributed by atoms with Crippen molar-refractivity contribution in [2.75, 3.05) is 7.11 Å². The van der Waals surface area contributed by atoms with Crippen LogP contribution in [0.2, 0.25) is 0 Å². The van der Waals surface area contributed by atoms with Gasteiger partial charge in [0.05, 0.1) is 7.11 Å². The first kappa shape index (κ1) is 18.3. The largest absolute Gasteiger partial charge is 0.497 e. The minimum absolute atomic E-state index is 0.147. The van der Waals surface area contributed by atoms with Gasteiger partial charge >= 0.3 is 0 Å². The molecule has 5 nitrogen and oxygen atoms in total. The first-order valence-corrected chi connectivity index (χ1v) is 10.1. The van der Waals surface area contributed by atoms with Crippen molar-refractivity contribution >= 4 is 21.8 Å². The number of methoxy groups -OCH3 is 1. The summed E-state index contributed by atoms with van der Waals surface area (Å²) in [6, 6.07) is 17.5. The fraction of sp³-hybridized carbons (Fsp3) is 0.0909. The Hall–Kier alpha value is -3.09. The number of ether oxygens (including phenoxy) is 2. The van der Waals surface area contributed by atoms with Gasteiger partial charge in [-0.15, -0.1) is 0 Å². The van der Waals surface area contributed by atoms with Gasteiger partial charge in [0, 0.05) is 28.0 Å². The average Bonchev–Trinajstić information content (AvgIpc) is 2.70. The smallest absolute Gasteiger partial charge is 0.295 e. The van der Waals surface area contributed by atoms with Gasteiger partial charge in [-0.05, 0) is 42.5 Å². The number of benzene rings is 3. The van der Waals surface area contributed by atoms with E-state index in [9.17, 15) is 13.0 Å². The lowest BCUT2D eigenvalue weighted by Crippen LogP contribution is -2.20. The van der Waals surface area contributed by atoms with E-state index in [0.29, 0.717) is 28.4 Å². The van der Waals surface area contributed by atoms with Crippen LogP contribution in [0.1, 0.15) is 18.1 Å². The normalized spacial score (nSPS) is 13.5. The van der Waals surface area contributed by atoms with E-state index in [2.05, 4.69) is 0 Å². The molecular formula is C22H18O5S. The SMILES string of the molecule is C/C=c1\ccc2c(c1)Oc1cc(OC)ccc1C=2c1ccccc1S(=O)(=O)O. The summed E-state index contributed by atoms with van der Waals surface area (Å²) in [6.45, 7) is 1.93. The molecule has 6 heteroatoms. The summed E-state index contributed by atoms with van der Waals surface area (Å²) in [5, 5.41) is 1.73. The Morgan fingerprint density at radius 1 is 0.964 bits per heavy atom. The Morgan fingerprint density at radius 2 is 1.75 bits per heavy atom. The second kappa shape index (κ2) is 6.82. The summed E-state index contributed by atoms with van der Waals surface area (Å²) in [4.78, 5) is -0.147. The molecule has 1 aliphatic rings. The first-order valence-electron chi connectivity index (χ1n) is 8.66. The monoisotopic (exact) mass is 394 g/mol. The van der Waals surface area contributed by atoms with Crippen molar-refractivity contribution in [2.45, 2.75) is 11.8 Å². The fourth-order valence-corrected chi connectivity index (χ4v) is 4.08. The standard InChI is InChI=1S/C22H18O5S/c1-3-14-8-10-16-19(12-14)27-20-13-15(26-2)9-11-17(20)22(16)18-6-4-5-7-21(18)28(23,24)25/h3-13H,1-2H3,(H,23,24,25)/b14-3+. The molecule has 28 heavy (non-hydrogen) atoms. The fourth-order valence-electron chi connectivity index (χ4n) is 3.38. The highest BCUT2D eigenvalue weighted by atomic mass is 32.2. The molecule has 0 spiro atoms. The minimum atomic E-state index is -4.41. The van der Waals surface area contributed by atoms with Gasteiger partial charge in [-0.3, -0.25) is 4.55 Å². The molecule has 1 N–H and O–H groups in total. The molecule has 1 heterocycles. The van der Waals surface area contributed by atoms with Gasteiger partial charge in [0.1, 0.15) is 22.1 Å². The van der Waals surface area contributed by atoms with Crippen LogP contribution >= 0.6 is 0 Å². The van der Waals surface area contributed by atoms with Crippen LogP contribution in [0.3, 0.4) is 0 Å². The van der Waals surface area contributed by atoms with Gasteiger partial charge in [0.2, 0.25) is 0 Å². The third kappa shape index (κ3) is 3.06. The predicted octanol–water partition coefficient (Wildman–Crippen LogP) is 3.10. The summed E-state index contributed by atoms with van der Waals surface area (Å²) in [5.41, 5.74) is 1.81. The van der Waals surface area contributed by atoms with Crippen molar-refractivity contribution in [1.82, 2.24) is 0 Å². The molecule has 3 aromatic rings. The molecule has 0 aliphatic carbocycles. The van der Waals surface area contributed by atoms with Crippen molar-refractivity contribution in [1.29, 1.82) is 0 Å². The van der Waals surface area contributed by atoms with Crippen LogP contribution in [-0.4, -0.2) is 20.1 Å². The molecule has 4 rings (SSSR count). The highest BCUT2D eigenvalue weighted by molar-refractivity contribution is 7.86. The van der Waals surface area contributed by atoms with Gasteiger partial charge in [-0.2, -0.15) is 8.42 Å². The average molecular weight is 394 g/mol. The molecule has 0 saturated carbocycles. The van der Waals surface area contributed by atoms with E-state index in [4.69, 9.17) is 9.47 Å². The summed E-state index contributed by atoms with van der Waals surface area (Å²) in [6.07, 6.45) is 1.95. The van der Waals surface area contributed by atoms with Gasteiger partial charge in [0.15, 0.2) is 0 Å². The molecule has 3 aromatic carbocycles. The van der Waals surface area contributed by atoms with Gasteiger partial charge < -0.3 is 9.47 Å². The summed E-state index contributed by atoms with van der Waals surface area (Å²) < 4.78 is 45.2. The van der Waals surface area contributed by atoms with Crippen LogP contribution in [-0.2, 0) is 10.1 Å². The summed E-state index contributed by atoms with van der Waals surface area (Å²) >= 11 is 0. The highest BCUT2D eigenvalue weighted by Crippen LogP contribution is 2.39. The topological polar surface area (TPSA) is 72.8 Å². The zero-order chi connectivity index (χ0) is 19.9. The highest BCUT2D eigenvalue weighted by Gasteiger charge is 2.25. The van der Waals surface area contributed by atoms with Crippen molar-refractivity contribution < 1.29 is 22.4 Å². The number of rotatable bonds is 3. The molecule has 0 saturated heterocycles. The maximum atomic E-state index is 12.0. The maximum absolute atomic E-state index is 12.0.